The molecule has 2 rings (SSSR count). The van der Waals surface area contributed by atoms with Gasteiger partial charge in [0.2, 0.25) is 0 Å². The van der Waals surface area contributed by atoms with Crippen LogP contribution in [0.2, 0.25) is 5.02 Å². The molecule has 0 aliphatic rings. The van der Waals surface area contributed by atoms with Gasteiger partial charge in [-0.2, -0.15) is 5.26 Å². The molecule has 0 unspecified atom stereocenters. The molecule has 0 bridgehead atoms. The Morgan fingerprint density at radius 2 is 1.83 bits per heavy atom. The number of ether oxygens (including phenoxy) is 2. The lowest BCUT2D eigenvalue weighted by Gasteiger charge is -2.24. The minimum Gasteiger partial charge on any atom is -0.476 e. The van der Waals surface area contributed by atoms with Gasteiger partial charge >= 0.3 is 5.97 Å². The van der Waals surface area contributed by atoms with Gasteiger partial charge in [-0.1, -0.05) is 29.8 Å². The summed E-state index contributed by atoms with van der Waals surface area (Å²) >= 11 is 5.82. The number of benzene rings is 2. The molecule has 0 N–H and O–H groups in total. The van der Waals surface area contributed by atoms with Crippen molar-refractivity contribution in [3.63, 3.8) is 0 Å². The maximum Gasteiger partial charge on any atom is 0.350 e. The number of carbonyl (C=O) groups excluding carboxylic acids is 1. The molecule has 2 aromatic rings. The SMILES string of the molecule is CC(C)(Oc1ccc(Cl)cc1)C(=O)OCc1ccccc1C#N. The van der Waals surface area contributed by atoms with Crippen molar-refractivity contribution in [3.05, 3.63) is 64.7 Å². The number of carbonyl (C=O) groups is 1. The van der Waals surface area contributed by atoms with Crippen LogP contribution in [-0.4, -0.2) is 11.6 Å². The quantitative estimate of drug-likeness (QED) is 0.774. The number of halogens is 1. The van der Waals surface area contributed by atoms with Crippen molar-refractivity contribution in [2.45, 2.75) is 26.1 Å². The number of rotatable bonds is 5. The molecule has 0 aromatic heterocycles. The van der Waals surface area contributed by atoms with E-state index in [1.54, 1.807) is 62.4 Å². The van der Waals surface area contributed by atoms with Crippen LogP contribution in [-0.2, 0) is 16.1 Å². The summed E-state index contributed by atoms with van der Waals surface area (Å²) in [7, 11) is 0. The largest absolute Gasteiger partial charge is 0.476 e. The molecule has 0 aliphatic heterocycles. The van der Waals surface area contributed by atoms with E-state index in [9.17, 15) is 4.79 Å². The first-order chi connectivity index (χ1) is 10.9. The molecule has 0 fully saturated rings. The number of hydrogen-bond donors (Lipinski definition) is 0. The highest BCUT2D eigenvalue weighted by molar-refractivity contribution is 6.30. The highest BCUT2D eigenvalue weighted by Gasteiger charge is 2.32. The summed E-state index contributed by atoms with van der Waals surface area (Å²) in [5, 5.41) is 9.62. The minimum atomic E-state index is -1.16. The molecule has 0 saturated heterocycles. The molecule has 118 valence electrons. The first-order valence-electron chi connectivity index (χ1n) is 7.02. The molecule has 0 radical (unpaired) electrons. The lowest BCUT2D eigenvalue weighted by Crippen LogP contribution is -2.39. The Morgan fingerprint density at radius 3 is 2.48 bits per heavy atom. The van der Waals surface area contributed by atoms with Crippen molar-refractivity contribution in [2.75, 3.05) is 0 Å². The highest BCUT2D eigenvalue weighted by Crippen LogP contribution is 2.22. The lowest BCUT2D eigenvalue weighted by atomic mass is 10.1. The number of esters is 1. The van der Waals surface area contributed by atoms with Crippen LogP contribution in [0.25, 0.3) is 0 Å². The van der Waals surface area contributed by atoms with Crippen LogP contribution in [0.5, 0.6) is 5.75 Å². The second kappa shape index (κ2) is 7.17. The monoisotopic (exact) mass is 329 g/mol. The van der Waals surface area contributed by atoms with E-state index in [4.69, 9.17) is 26.3 Å². The predicted molar refractivity (Wildman–Crippen MR) is 87.1 cm³/mol. The Morgan fingerprint density at radius 1 is 1.17 bits per heavy atom. The fourth-order valence-corrected chi connectivity index (χ4v) is 2.04. The zero-order valence-electron chi connectivity index (χ0n) is 12.9. The second-order valence-corrected chi connectivity index (χ2v) is 5.85. The molecular weight excluding hydrogens is 314 g/mol. The molecule has 0 heterocycles. The summed E-state index contributed by atoms with van der Waals surface area (Å²) in [6.45, 7) is 3.27. The Labute approximate surface area is 140 Å². The zero-order valence-corrected chi connectivity index (χ0v) is 13.6. The molecule has 23 heavy (non-hydrogen) atoms. The van der Waals surface area contributed by atoms with E-state index < -0.39 is 11.6 Å². The third-order valence-electron chi connectivity index (χ3n) is 3.17. The molecular formula is C18H16ClNO3. The Bertz CT molecular complexity index is 733. The molecule has 2 aromatic carbocycles. The third-order valence-corrected chi connectivity index (χ3v) is 3.43. The van der Waals surface area contributed by atoms with Crippen LogP contribution in [0.1, 0.15) is 25.0 Å². The van der Waals surface area contributed by atoms with E-state index in [1.807, 2.05) is 0 Å². The summed E-state index contributed by atoms with van der Waals surface area (Å²) in [5.41, 5.74) is -0.0162. The van der Waals surface area contributed by atoms with Crippen LogP contribution in [0.4, 0.5) is 0 Å². The van der Waals surface area contributed by atoms with Crippen LogP contribution < -0.4 is 4.74 Å². The van der Waals surface area contributed by atoms with E-state index in [-0.39, 0.29) is 6.61 Å². The third kappa shape index (κ3) is 4.48. The van der Waals surface area contributed by atoms with Crippen molar-refractivity contribution in [3.8, 4) is 11.8 Å². The molecule has 4 nitrogen and oxygen atoms in total. The van der Waals surface area contributed by atoms with Crippen LogP contribution in [0.15, 0.2) is 48.5 Å². The summed E-state index contributed by atoms with van der Waals surface area (Å²) in [4.78, 5) is 12.3. The van der Waals surface area contributed by atoms with Gasteiger partial charge in [-0.15, -0.1) is 0 Å². The van der Waals surface area contributed by atoms with Gasteiger partial charge in [0.25, 0.3) is 0 Å². The van der Waals surface area contributed by atoms with Crippen molar-refractivity contribution in [2.24, 2.45) is 0 Å². The van der Waals surface area contributed by atoms with E-state index in [1.165, 1.54) is 0 Å². The van der Waals surface area contributed by atoms with E-state index in [2.05, 4.69) is 6.07 Å². The highest BCUT2D eigenvalue weighted by atomic mass is 35.5. The average Bonchev–Trinajstić information content (AvgIpc) is 2.54. The molecule has 0 amide bonds. The van der Waals surface area contributed by atoms with E-state index in [0.717, 1.165) is 0 Å². The van der Waals surface area contributed by atoms with Crippen molar-refractivity contribution in [1.82, 2.24) is 0 Å². The van der Waals surface area contributed by atoms with Gasteiger partial charge in [-0.3, -0.25) is 0 Å². The van der Waals surface area contributed by atoms with Gasteiger partial charge in [-0.05, 0) is 44.2 Å². The van der Waals surface area contributed by atoms with Crippen LogP contribution in [0.3, 0.4) is 0 Å². The smallest absolute Gasteiger partial charge is 0.350 e. The van der Waals surface area contributed by atoms with Crippen LogP contribution >= 0.6 is 11.6 Å². The first-order valence-corrected chi connectivity index (χ1v) is 7.40. The fourth-order valence-electron chi connectivity index (χ4n) is 1.91. The lowest BCUT2D eigenvalue weighted by molar-refractivity contribution is -0.160. The summed E-state index contributed by atoms with van der Waals surface area (Å²) in [6.07, 6.45) is 0. The standard InChI is InChI=1S/C18H16ClNO3/c1-18(2,23-16-9-7-15(19)8-10-16)17(21)22-12-14-6-4-3-5-13(14)11-20/h3-10H,12H2,1-2H3. The molecule has 0 saturated carbocycles. The van der Waals surface area contributed by atoms with Crippen molar-refractivity contribution in [1.29, 1.82) is 5.26 Å². The van der Waals surface area contributed by atoms with E-state index in [0.29, 0.717) is 21.9 Å². The Hall–Kier alpha value is -2.51. The van der Waals surface area contributed by atoms with Gasteiger partial charge in [0.05, 0.1) is 11.6 Å². The minimum absolute atomic E-state index is 0.0238. The number of nitrogens with zero attached hydrogens (tertiary/aromatic N) is 1. The van der Waals surface area contributed by atoms with Gasteiger partial charge in [0.1, 0.15) is 12.4 Å². The Kier molecular flexibility index (Phi) is 5.25. The number of nitriles is 1. The van der Waals surface area contributed by atoms with Gasteiger partial charge in [0, 0.05) is 10.6 Å². The normalized spacial score (nSPS) is 10.7. The summed E-state index contributed by atoms with van der Waals surface area (Å²) < 4.78 is 11.0. The summed E-state index contributed by atoms with van der Waals surface area (Å²) in [5.74, 6) is 0.00830. The molecule has 0 spiro atoms. The average molecular weight is 330 g/mol. The molecule has 5 heteroatoms. The zero-order chi connectivity index (χ0) is 16.9. The maximum absolute atomic E-state index is 12.3. The van der Waals surface area contributed by atoms with Gasteiger partial charge < -0.3 is 9.47 Å². The predicted octanol–water partition coefficient (Wildman–Crippen LogP) is 4.11. The second-order valence-electron chi connectivity index (χ2n) is 5.41. The molecule has 0 atom stereocenters. The van der Waals surface area contributed by atoms with Gasteiger partial charge in [0.15, 0.2) is 5.60 Å². The van der Waals surface area contributed by atoms with Crippen LogP contribution in [0, 0.1) is 11.3 Å². The number of hydrogen-bond acceptors (Lipinski definition) is 4. The topological polar surface area (TPSA) is 59.3 Å². The van der Waals surface area contributed by atoms with E-state index >= 15 is 0 Å². The fraction of sp³-hybridized carbons (Fsp3) is 0.222. The van der Waals surface area contributed by atoms with Crippen molar-refractivity contribution < 1.29 is 14.3 Å². The molecule has 0 aliphatic carbocycles. The summed E-state index contributed by atoms with van der Waals surface area (Å²) in [6, 6.07) is 15.8. The van der Waals surface area contributed by atoms with Crippen molar-refractivity contribution >= 4 is 17.6 Å². The first kappa shape index (κ1) is 16.9. The Balaban J connectivity index is 2.01. The maximum atomic E-state index is 12.3. The van der Waals surface area contributed by atoms with Gasteiger partial charge in [-0.25, -0.2) is 4.79 Å².